The Balaban J connectivity index is 1.70. The van der Waals surface area contributed by atoms with E-state index in [1.165, 1.54) is 0 Å². The first-order valence-electron chi connectivity index (χ1n) is 12.5. The van der Waals surface area contributed by atoms with Crippen LogP contribution >= 0.6 is 0 Å². The van der Waals surface area contributed by atoms with Crippen LogP contribution in [0.2, 0.25) is 0 Å². The topological polar surface area (TPSA) is 78.5 Å². The molecule has 0 spiro atoms. The Morgan fingerprint density at radius 3 is 2.03 bits per heavy atom. The molecule has 180 valence electrons. The highest BCUT2D eigenvalue weighted by atomic mass is 15.0. The standard InChI is InChI=1S/C34H24N4/c1-21-22(2)27(15-13-25(21)19-35)30-17-14-26(20-36)34(33(30)37)38-31-11-7-6-10-28(31)29-16-12-24(18-32(29)38)23-8-4-3-5-9-23/h3-18H,37H2,1-2H3. The lowest BCUT2D eigenvalue weighted by Crippen LogP contribution is -2.05. The first-order chi connectivity index (χ1) is 18.5. The van der Waals surface area contributed by atoms with Gasteiger partial charge >= 0.3 is 0 Å². The Morgan fingerprint density at radius 1 is 0.605 bits per heavy atom. The molecule has 0 unspecified atom stereocenters. The van der Waals surface area contributed by atoms with Crippen molar-refractivity contribution in [3.63, 3.8) is 0 Å². The third-order valence-electron chi connectivity index (χ3n) is 7.54. The molecule has 0 aliphatic heterocycles. The second kappa shape index (κ2) is 8.96. The second-order valence-electron chi connectivity index (χ2n) is 9.51. The van der Waals surface area contributed by atoms with Crippen LogP contribution < -0.4 is 5.73 Å². The Kier molecular flexibility index (Phi) is 5.45. The lowest BCUT2D eigenvalue weighted by Gasteiger charge is -2.18. The van der Waals surface area contributed by atoms with Crippen LogP contribution in [0, 0.1) is 36.5 Å². The van der Waals surface area contributed by atoms with Crippen molar-refractivity contribution in [2.45, 2.75) is 13.8 Å². The minimum Gasteiger partial charge on any atom is -0.396 e. The van der Waals surface area contributed by atoms with E-state index in [-0.39, 0.29) is 0 Å². The maximum absolute atomic E-state index is 10.2. The summed E-state index contributed by atoms with van der Waals surface area (Å²) < 4.78 is 2.13. The number of hydrogen-bond donors (Lipinski definition) is 1. The van der Waals surface area contributed by atoms with E-state index in [2.05, 4.69) is 59.2 Å². The Morgan fingerprint density at radius 2 is 1.26 bits per heavy atom. The van der Waals surface area contributed by atoms with Crippen LogP contribution in [-0.2, 0) is 0 Å². The SMILES string of the molecule is Cc1c(C#N)ccc(-c2ccc(C#N)c(-n3c4ccccc4c4ccc(-c5ccccc5)cc43)c2N)c1C. The molecule has 0 amide bonds. The lowest BCUT2D eigenvalue weighted by molar-refractivity contribution is 1.17. The molecular formula is C34H24N4. The number of aromatic nitrogens is 1. The summed E-state index contributed by atoms with van der Waals surface area (Å²) in [7, 11) is 0. The summed E-state index contributed by atoms with van der Waals surface area (Å²) in [6.45, 7) is 3.96. The van der Waals surface area contributed by atoms with Gasteiger partial charge in [-0.1, -0.05) is 72.8 Å². The highest BCUT2D eigenvalue weighted by molar-refractivity contribution is 6.11. The van der Waals surface area contributed by atoms with Gasteiger partial charge in [-0.05, 0) is 65.9 Å². The van der Waals surface area contributed by atoms with E-state index in [0.29, 0.717) is 22.5 Å². The summed E-state index contributed by atoms with van der Waals surface area (Å²) in [5.74, 6) is 0. The van der Waals surface area contributed by atoms with Crippen molar-refractivity contribution in [1.29, 1.82) is 10.5 Å². The second-order valence-corrected chi connectivity index (χ2v) is 9.51. The predicted molar refractivity (Wildman–Crippen MR) is 155 cm³/mol. The van der Waals surface area contributed by atoms with Crippen LogP contribution in [0.5, 0.6) is 0 Å². The van der Waals surface area contributed by atoms with E-state index in [4.69, 9.17) is 5.73 Å². The molecule has 0 atom stereocenters. The summed E-state index contributed by atoms with van der Waals surface area (Å²) in [5.41, 5.74) is 17.2. The summed E-state index contributed by atoms with van der Waals surface area (Å²) in [4.78, 5) is 0. The smallest absolute Gasteiger partial charge is 0.101 e. The fourth-order valence-corrected chi connectivity index (χ4v) is 5.43. The zero-order valence-corrected chi connectivity index (χ0v) is 21.2. The van der Waals surface area contributed by atoms with Gasteiger partial charge in [0.25, 0.3) is 0 Å². The number of benzene rings is 5. The molecule has 6 aromatic rings. The monoisotopic (exact) mass is 488 g/mol. The number of nitrogens with zero attached hydrogens (tertiary/aromatic N) is 3. The molecule has 0 bridgehead atoms. The summed E-state index contributed by atoms with van der Waals surface area (Å²) in [6.07, 6.45) is 0. The molecule has 0 saturated heterocycles. The maximum atomic E-state index is 10.2. The van der Waals surface area contributed by atoms with E-state index in [1.54, 1.807) is 0 Å². The minimum atomic E-state index is 0.502. The van der Waals surface area contributed by atoms with E-state index in [9.17, 15) is 10.5 Å². The van der Waals surface area contributed by atoms with Gasteiger partial charge in [-0.25, -0.2) is 0 Å². The van der Waals surface area contributed by atoms with Crippen molar-refractivity contribution in [3.8, 4) is 40.1 Å². The number of hydrogen-bond acceptors (Lipinski definition) is 3. The van der Waals surface area contributed by atoms with Gasteiger partial charge in [0.05, 0.1) is 39.6 Å². The molecule has 0 saturated carbocycles. The first-order valence-corrected chi connectivity index (χ1v) is 12.5. The van der Waals surface area contributed by atoms with Crippen LogP contribution in [-0.4, -0.2) is 4.57 Å². The van der Waals surface area contributed by atoms with E-state index in [1.807, 2.05) is 68.4 Å². The van der Waals surface area contributed by atoms with Crippen LogP contribution in [0.4, 0.5) is 5.69 Å². The third-order valence-corrected chi connectivity index (χ3v) is 7.54. The normalized spacial score (nSPS) is 10.9. The predicted octanol–water partition coefficient (Wildman–Crippen LogP) is 8.06. The van der Waals surface area contributed by atoms with Gasteiger partial charge in [0.15, 0.2) is 0 Å². The Labute approximate surface area is 221 Å². The molecule has 0 radical (unpaired) electrons. The number of fused-ring (bicyclic) bond motifs is 3. The number of nitrogens with two attached hydrogens (primary N) is 1. The van der Waals surface area contributed by atoms with Crippen LogP contribution in [0.3, 0.4) is 0 Å². The number of nitriles is 2. The van der Waals surface area contributed by atoms with E-state index in [0.717, 1.165) is 55.2 Å². The van der Waals surface area contributed by atoms with E-state index >= 15 is 0 Å². The molecule has 38 heavy (non-hydrogen) atoms. The summed E-state index contributed by atoms with van der Waals surface area (Å²) in [6, 6.07) is 37.1. The van der Waals surface area contributed by atoms with Gasteiger partial charge in [0.2, 0.25) is 0 Å². The zero-order valence-electron chi connectivity index (χ0n) is 21.2. The summed E-state index contributed by atoms with van der Waals surface area (Å²) >= 11 is 0. The average molecular weight is 489 g/mol. The van der Waals surface area contributed by atoms with Crippen LogP contribution in [0.1, 0.15) is 22.3 Å². The largest absolute Gasteiger partial charge is 0.396 e. The average Bonchev–Trinajstić information content (AvgIpc) is 3.28. The molecule has 0 aliphatic rings. The number of anilines is 1. The van der Waals surface area contributed by atoms with Crippen molar-refractivity contribution in [2.24, 2.45) is 0 Å². The molecule has 4 nitrogen and oxygen atoms in total. The third kappa shape index (κ3) is 3.44. The van der Waals surface area contributed by atoms with Crippen LogP contribution in [0.15, 0.2) is 97.1 Å². The quantitative estimate of drug-likeness (QED) is 0.256. The van der Waals surface area contributed by atoms with Gasteiger partial charge in [-0.15, -0.1) is 0 Å². The number of rotatable bonds is 3. The van der Waals surface area contributed by atoms with Crippen LogP contribution in [0.25, 0.3) is 49.7 Å². The molecule has 0 fully saturated rings. The number of para-hydroxylation sites is 1. The molecule has 1 aromatic heterocycles. The zero-order chi connectivity index (χ0) is 26.4. The van der Waals surface area contributed by atoms with Gasteiger partial charge in [0.1, 0.15) is 6.07 Å². The van der Waals surface area contributed by atoms with Crippen molar-refractivity contribution in [3.05, 3.63) is 119 Å². The first kappa shape index (κ1) is 23.1. The Bertz CT molecular complexity index is 1970. The van der Waals surface area contributed by atoms with Crippen molar-refractivity contribution in [2.75, 3.05) is 5.73 Å². The van der Waals surface area contributed by atoms with Gasteiger partial charge in [-0.2, -0.15) is 10.5 Å². The Hall–Kier alpha value is -5.32. The highest BCUT2D eigenvalue weighted by Gasteiger charge is 2.21. The molecular weight excluding hydrogens is 464 g/mol. The van der Waals surface area contributed by atoms with Gasteiger partial charge < -0.3 is 10.3 Å². The van der Waals surface area contributed by atoms with Crippen molar-refractivity contribution >= 4 is 27.5 Å². The van der Waals surface area contributed by atoms with E-state index < -0.39 is 0 Å². The highest BCUT2D eigenvalue weighted by Crippen LogP contribution is 2.41. The van der Waals surface area contributed by atoms with Gasteiger partial charge in [-0.3, -0.25) is 0 Å². The molecule has 5 aromatic carbocycles. The maximum Gasteiger partial charge on any atom is 0.101 e. The number of nitrogen functional groups attached to an aromatic ring is 1. The lowest BCUT2D eigenvalue weighted by atomic mass is 9.92. The molecule has 1 heterocycles. The fourth-order valence-electron chi connectivity index (χ4n) is 5.43. The van der Waals surface area contributed by atoms with Crippen molar-refractivity contribution < 1.29 is 0 Å². The fraction of sp³-hybridized carbons (Fsp3) is 0.0588. The molecule has 2 N–H and O–H groups in total. The molecule has 6 rings (SSSR count). The molecule has 0 aliphatic carbocycles. The summed E-state index contributed by atoms with van der Waals surface area (Å²) in [5, 5.41) is 21.9. The van der Waals surface area contributed by atoms with Gasteiger partial charge in [0, 0.05) is 16.3 Å². The van der Waals surface area contributed by atoms with Crippen molar-refractivity contribution in [1.82, 2.24) is 4.57 Å². The molecule has 4 heteroatoms. The minimum absolute atomic E-state index is 0.502.